The van der Waals surface area contributed by atoms with E-state index in [1.807, 2.05) is 0 Å². The van der Waals surface area contributed by atoms with Gasteiger partial charge in [-0.05, 0) is 13.0 Å². The lowest BCUT2D eigenvalue weighted by molar-refractivity contribution is -0.138. The minimum Gasteiger partial charge on any atom is -0.480 e. The van der Waals surface area contributed by atoms with Gasteiger partial charge in [0.05, 0.1) is 6.61 Å². The fourth-order valence-electron chi connectivity index (χ4n) is 1.36. The highest BCUT2D eigenvalue weighted by atomic mass is 32.2. The van der Waals surface area contributed by atoms with E-state index in [9.17, 15) is 18.0 Å². The van der Waals surface area contributed by atoms with E-state index in [-0.39, 0.29) is 23.7 Å². The van der Waals surface area contributed by atoms with Gasteiger partial charge >= 0.3 is 5.97 Å². The van der Waals surface area contributed by atoms with E-state index in [1.54, 1.807) is 0 Å². The second-order valence-corrected chi connectivity index (χ2v) is 5.94. The van der Waals surface area contributed by atoms with E-state index in [0.717, 1.165) is 12.3 Å². The lowest BCUT2D eigenvalue weighted by atomic mass is 10.3. The summed E-state index contributed by atoms with van der Waals surface area (Å²) in [6, 6.07) is 0.0413. The second-order valence-electron chi connectivity index (χ2n) is 4.17. The van der Waals surface area contributed by atoms with Crippen LogP contribution in [-0.4, -0.2) is 56.7 Å². The van der Waals surface area contributed by atoms with Crippen LogP contribution in [0.25, 0.3) is 0 Å². The minimum absolute atomic E-state index is 0.0461. The predicted molar refractivity (Wildman–Crippen MR) is 72.4 cm³/mol. The van der Waals surface area contributed by atoms with Gasteiger partial charge in [-0.2, -0.15) is 0 Å². The normalized spacial score (nSPS) is 12.9. The first-order valence-electron chi connectivity index (χ1n) is 5.98. The molecule has 10 heteroatoms. The van der Waals surface area contributed by atoms with Gasteiger partial charge in [-0.1, -0.05) is 0 Å². The molecule has 0 aliphatic heterocycles. The average molecular weight is 319 g/mol. The molecule has 1 atom stereocenters. The van der Waals surface area contributed by atoms with Gasteiger partial charge in [-0.15, -0.1) is 0 Å². The topological polar surface area (TPSA) is 138 Å². The second kappa shape index (κ2) is 7.20. The Balaban J connectivity index is 2.76. The number of carbonyl (C=O) groups is 2. The molecule has 0 aliphatic rings. The lowest BCUT2D eigenvalue weighted by Crippen LogP contribution is -2.38. The molecule has 118 valence electrons. The molecule has 0 bridgehead atoms. The molecule has 0 spiro atoms. The number of hydrogen-bond acceptors (Lipinski definition) is 5. The number of rotatable bonds is 8. The Kier molecular flexibility index (Phi) is 5.88. The van der Waals surface area contributed by atoms with Gasteiger partial charge in [0.15, 0.2) is 0 Å². The number of aromatic amines is 1. The highest BCUT2D eigenvalue weighted by Crippen LogP contribution is 2.10. The number of H-pyrrole nitrogens is 1. The number of nitrogens with one attached hydrogen (secondary N) is 3. The Morgan fingerprint density at radius 1 is 1.48 bits per heavy atom. The van der Waals surface area contributed by atoms with Crippen molar-refractivity contribution in [1.29, 1.82) is 0 Å². The van der Waals surface area contributed by atoms with Gasteiger partial charge in [0, 0.05) is 19.9 Å². The van der Waals surface area contributed by atoms with Crippen molar-refractivity contribution in [2.45, 2.75) is 17.9 Å². The molecule has 1 aromatic heterocycles. The number of carbonyl (C=O) groups excluding carboxylic acids is 1. The molecule has 1 rings (SSSR count). The number of hydrogen-bond donors (Lipinski definition) is 4. The number of amides is 1. The molecule has 4 N–H and O–H groups in total. The Hall–Kier alpha value is -1.91. The Labute approximate surface area is 121 Å². The minimum atomic E-state index is -3.75. The van der Waals surface area contributed by atoms with Gasteiger partial charge in [0.25, 0.3) is 5.91 Å². The van der Waals surface area contributed by atoms with Crippen molar-refractivity contribution in [3.8, 4) is 0 Å². The number of carboxylic acid groups (broad SMARTS) is 1. The van der Waals surface area contributed by atoms with Crippen LogP contribution in [0.15, 0.2) is 17.2 Å². The molecule has 21 heavy (non-hydrogen) atoms. The van der Waals surface area contributed by atoms with Crippen LogP contribution < -0.4 is 10.0 Å². The van der Waals surface area contributed by atoms with Crippen molar-refractivity contribution in [3.05, 3.63) is 18.0 Å². The van der Waals surface area contributed by atoms with Crippen LogP contribution in [0.1, 0.15) is 17.4 Å². The van der Waals surface area contributed by atoms with Crippen molar-refractivity contribution in [1.82, 2.24) is 15.0 Å². The van der Waals surface area contributed by atoms with Crippen LogP contribution in [0.4, 0.5) is 0 Å². The van der Waals surface area contributed by atoms with Crippen molar-refractivity contribution in [2.24, 2.45) is 0 Å². The van der Waals surface area contributed by atoms with E-state index in [2.05, 4.69) is 15.0 Å². The predicted octanol–water partition coefficient (Wildman–Crippen LogP) is -0.858. The third kappa shape index (κ3) is 4.85. The van der Waals surface area contributed by atoms with Crippen molar-refractivity contribution >= 4 is 21.9 Å². The molecular formula is C11H17N3O6S. The van der Waals surface area contributed by atoms with E-state index in [4.69, 9.17) is 9.84 Å². The summed E-state index contributed by atoms with van der Waals surface area (Å²) in [4.78, 5) is 24.7. The number of ether oxygens (including phenoxy) is 1. The molecule has 0 unspecified atom stereocenters. The molecule has 0 fully saturated rings. The molecule has 0 radical (unpaired) electrons. The number of methoxy groups -OCH3 is 1. The summed E-state index contributed by atoms with van der Waals surface area (Å²) >= 11 is 0. The maximum absolute atomic E-state index is 11.9. The molecule has 1 amide bonds. The average Bonchev–Trinajstić information content (AvgIpc) is 2.89. The molecule has 0 saturated heterocycles. The van der Waals surface area contributed by atoms with Crippen LogP contribution in [0, 0.1) is 0 Å². The fourth-order valence-corrected chi connectivity index (χ4v) is 2.36. The first kappa shape index (κ1) is 17.1. The molecule has 0 saturated carbocycles. The number of aliphatic carboxylic acids is 1. The Morgan fingerprint density at radius 2 is 2.14 bits per heavy atom. The van der Waals surface area contributed by atoms with Gasteiger partial charge in [0.1, 0.15) is 16.6 Å². The van der Waals surface area contributed by atoms with Gasteiger partial charge in [0.2, 0.25) is 10.0 Å². The van der Waals surface area contributed by atoms with Crippen molar-refractivity contribution < 1.29 is 27.9 Å². The van der Waals surface area contributed by atoms with E-state index in [0.29, 0.717) is 0 Å². The van der Waals surface area contributed by atoms with Crippen LogP contribution in [0.5, 0.6) is 0 Å². The molecule has 1 aromatic rings. The van der Waals surface area contributed by atoms with Gasteiger partial charge in [-0.3, -0.25) is 9.59 Å². The summed E-state index contributed by atoms with van der Waals surface area (Å²) in [5.41, 5.74) is -0.0461. The number of carboxylic acids is 1. The van der Waals surface area contributed by atoms with E-state index in [1.165, 1.54) is 14.0 Å². The lowest BCUT2D eigenvalue weighted by Gasteiger charge is -2.07. The fraction of sp³-hybridized carbons (Fsp3) is 0.455. The highest BCUT2D eigenvalue weighted by Gasteiger charge is 2.20. The number of sulfonamides is 1. The maximum atomic E-state index is 11.9. The van der Waals surface area contributed by atoms with Gasteiger partial charge < -0.3 is 20.1 Å². The smallest absolute Gasteiger partial charge is 0.325 e. The van der Waals surface area contributed by atoms with E-state index < -0.39 is 27.9 Å². The quantitative estimate of drug-likeness (QED) is 0.460. The van der Waals surface area contributed by atoms with Crippen LogP contribution >= 0.6 is 0 Å². The van der Waals surface area contributed by atoms with E-state index >= 15 is 0 Å². The molecule has 0 aliphatic carbocycles. The summed E-state index contributed by atoms with van der Waals surface area (Å²) in [6.07, 6.45) is 1.15. The largest absolute Gasteiger partial charge is 0.480 e. The zero-order valence-corrected chi connectivity index (χ0v) is 12.4. The Morgan fingerprint density at radius 3 is 2.71 bits per heavy atom. The zero-order valence-electron chi connectivity index (χ0n) is 11.5. The van der Waals surface area contributed by atoms with Crippen molar-refractivity contribution in [2.75, 3.05) is 20.3 Å². The first-order valence-corrected chi connectivity index (χ1v) is 7.47. The third-order valence-electron chi connectivity index (χ3n) is 2.53. The number of aromatic nitrogens is 1. The van der Waals surface area contributed by atoms with Crippen LogP contribution in [-0.2, 0) is 19.6 Å². The molecule has 0 aromatic carbocycles. The summed E-state index contributed by atoms with van der Waals surface area (Å²) < 4.78 is 30.7. The summed E-state index contributed by atoms with van der Waals surface area (Å²) in [6.45, 7) is 1.61. The molecular weight excluding hydrogens is 302 g/mol. The third-order valence-corrected chi connectivity index (χ3v) is 3.97. The van der Waals surface area contributed by atoms with Crippen LogP contribution in [0.2, 0.25) is 0 Å². The monoisotopic (exact) mass is 319 g/mol. The first-order chi connectivity index (χ1) is 9.77. The molecule has 1 heterocycles. The summed E-state index contributed by atoms with van der Waals surface area (Å²) in [5.74, 6) is -1.90. The maximum Gasteiger partial charge on any atom is 0.325 e. The highest BCUT2D eigenvalue weighted by molar-refractivity contribution is 7.89. The summed E-state index contributed by atoms with van der Waals surface area (Å²) in [5, 5.41) is 10.9. The van der Waals surface area contributed by atoms with Crippen LogP contribution in [0.3, 0.4) is 0 Å². The SMILES string of the molecule is COCCNS(=O)(=O)c1c[nH]c(C(=O)N[C@@H](C)C(=O)O)c1. The standard InChI is InChI=1S/C11H17N3O6S/c1-7(11(16)17)14-10(15)9-5-8(6-12-9)21(18,19)13-3-4-20-2/h5-7,12-13H,3-4H2,1-2H3,(H,14,15)(H,16,17)/t7-/m0/s1. The summed E-state index contributed by atoms with van der Waals surface area (Å²) in [7, 11) is -2.31. The Bertz CT molecular complexity index is 609. The zero-order chi connectivity index (χ0) is 16.0. The van der Waals surface area contributed by atoms with Gasteiger partial charge in [-0.25, -0.2) is 13.1 Å². The molecule has 9 nitrogen and oxygen atoms in total. The van der Waals surface area contributed by atoms with Crippen molar-refractivity contribution in [3.63, 3.8) is 0 Å².